The van der Waals surface area contributed by atoms with Gasteiger partial charge in [0.25, 0.3) is 0 Å². The third-order valence-corrected chi connectivity index (χ3v) is 8.42. The molecule has 1 aliphatic carbocycles. The Labute approximate surface area is 186 Å². The van der Waals surface area contributed by atoms with Crippen molar-refractivity contribution in [3.05, 3.63) is 30.1 Å². The number of thioether (sulfide) groups is 1. The minimum atomic E-state index is -3.07. The van der Waals surface area contributed by atoms with Crippen molar-refractivity contribution in [1.82, 2.24) is 19.7 Å². The summed E-state index contributed by atoms with van der Waals surface area (Å²) in [5.41, 5.74) is 0.404. The number of aromatic nitrogens is 3. The predicted octanol–water partition coefficient (Wildman–Crippen LogP) is 3.33. The van der Waals surface area contributed by atoms with E-state index in [1.807, 2.05) is 11.5 Å². The first-order chi connectivity index (χ1) is 14.9. The van der Waals surface area contributed by atoms with Crippen LogP contribution in [0.3, 0.4) is 0 Å². The van der Waals surface area contributed by atoms with Gasteiger partial charge >= 0.3 is 0 Å². The summed E-state index contributed by atoms with van der Waals surface area (Å²) in [7, 11) is -3.07. The van der Waals surface area contributed by atoms with Gasteiger partial charge in [-0.05, 0) is 37.8 Å². The summed E-state index contributed by atoms with van der Waals surface area (Å²) in [5.74, 6) is 0.393. The lowest BCUT2D eigenvalue weighted by Gasteiger charge is -2.28. The summed E-state index contributed by atoms with van der Waals surface area (Å²) >= 11 is 1.29. The first-order valence-corrected chi connectivity index (χ1v) is 13.5. The summed E-state index contributed by atoms with van der Waals surface area (Å²) < 4.78 is 40.1. The molecule has 2 aromatic rings. The van der Waals surface area contributed by atoms with Crippen LogP contribution in [0.4, 0.5) is 4.39 Å². The van der Waals surface area contributed by atoms with Crippen molar-refractivity contribution < 1.29 is 17.6 Å². The lowest BCUT2D eigenvalue weighted by atomic mass is 10.2. The predicted molar refractivity (Wildman–Crippen MR) is 118 cm³/mol. The van der Waals surface area contributed by atoms with Gasteiger partial charge in [0.15, 0.2) is 20.8 Å². The number of sulfone groups is 1. The second-order valence-corrected chi connectivity index (χ2v) is 11.3. The number of unbranched alkanes of at least 4 members (excludes halogenated alkanes) is 1. The average Bonchev–Trinajstić information content (AvgIpc) is 3.39. The third-order valence-electron chi connectivity index (χ3n) is 5.74. The SMILES string of the molecule is CCCCN(C(=O)CSc1nnc(-c2ccccc2F)n1C1CC1)C1CCS(=O)(=O)C1. The number of amides is 1. The second kappa shape index (κ2) is 9.28. The molecule has 0 bridgehead atoms. The molecule has 2 fully saturated rings. The molecule has 1 unspecified atom stereocenters. The van der Waals surface area contributed by atoms with Crippen LogP contribution in [-0.2, 0) is 14.6 Å². The Morgan fingerprint density at radius 3 is 2.68 bits per heavy atom. The molecule has 10 heteroatoms. The fraction of sp³-hybridized carbons (Fsp3) is 0.571. The van der Waals surface area contributed by atoms with Gasteiger partial charge in [0, 0.05) is 18.6 Å². The maximum atomic E-state index is 14.3. The van der Waals surface area contributed by atoms with Gasteiger partial charge in [0.05, 0.1) is 22.8 Å². The fourth-order valence-corrected chi connectivity index (χ4v) is 6.56. The van der Waals surface area contributed by atoms with Crippen LogP contribution in [0, 0.1) is 5.82 Å². The molecule has 1 aliphatic heterocycles. The maximum Gasteiger partial charge on any atom is 0.233 e. The van der Waals surface area contributed by atoms with Gasteiger partial charge in [-0.15, -0.1) is 10.2 Å². The Morgan fingerprint density at radius 2 is 2.03 bits per heavy atom. The van der Waals surface area contributed by atoms with Crippen LogP contribution < -0.4 is 0 Å². The smallest absolute Gasteiger partial charge is 0.233 e. The number of carbonyl (C=O) groups excluding carboxylic acids is 1. The first-order valence-electron chi connectivity index (χ1n) is 10.7. The van der Waals surface area contributed by atoms with E-state index in [9.17, 15) is 17.6 Å². The molecule has 0 radical (unpaired) electrons. The number of hydrogen-bond acceptors (Lipinski definition) is 6. The molecule has 2 aliphatic rings. The first kappa shape index (κ1) is 22.3. The minimum Gasteiger partial charge on any atom is -0.338 e. The quantitative estimate of drug-likeness (QED) is 0.527. The van der Waals surface area contributed by atoms with E-state index in [-0.39, 0.29) is 41.1 Å². The van der Waals surface area contributed by atoms with Gasteiger partial charge in [-0.2, -0.15) is 0 Å². The number of carbonyl (C=O) groups is 1. The Morgan fingerprint density at radius 1 is 1.26 bits per heavy atom. The topological polar surface area (TPSA) is 85.2 Å². The summed E-state index contributed by atoms with van der Waals surface area (Å²) in [6, 6.07) is 6.46. The Bertz CT molecular complexity index is 1050. The molecule has 1 aromatic heterocycles. The van der Waals surface area contributed by atoms with E-state index in [1.165, 1.54) is 17.8 Å². The van der Waals surface area contributed by atoms with Crippen molar-refractivity contribution in [1.29, 1.82) is 0 Å². The number of rotatable bonds is 9. The highest BCUT2D eigenvalue weighted by molar-refractivity contribution is 7.99. The standard InChI is InChI=1S/C21H27FN4O3S2/c1-2-3-11-25(16-10-12-31(28,29)14-16)19(27)13-30-21-24-23-20(26(21)15-8-9-15)17-6-4-5-7-18(17)22/h4-7,15-16H,2-3,8-14H2,1H3. The molecular weight excluding hydrogens is 439 g/mol. The van der Waals surface area contributed by atoms with E-state index in [0.29, 0.717) is 29.5 Å². The molecule has 1 aromatic carbocycles. The molecule has 0 spiro atoms. The van der Waals surface area contributed by atoms with Crippen molar-refractivity contribution in [2.45, 2.75) is 56.3 Å². The maximum absolute atomic E-state index is 14.3. The molecule has 1 saturated heterocycles. The zero-order valence-corrected chi connectivity index (χ0v) is 19.2. The van der Waals surface area contributed by atoms with Gasteiger partial charge in [-0.1, -0.05) is 37.2 Å². The van der Waals surface area contributed by atoms with Crippen LogP contribution in [0.25, 0.3) is 11.4 Å². The number of hydrogen-bond donors (Lipinski definition) is 0. The van der Waals surface area contributed by atoms with Crippen LogP contribution in [-0.4, -0.2) is 63.8 Å². The summed E-state index contributed by atoms with van der Waals surface area (Å²) in [6.45, 7) is 2.61. The Hall–Kier alpha value is -1.94. The highest BCUT2D eigenvalue weighted by Gasteiger charge is 2.35. The van der Waals surface area contributed by atoms with Crippen LogP contribution >= 0.6 is 11.8 Å². The second-order valence-electron chi connectivity index (χ2n) is 8.17. The number of halogens is 1. The molecular formula is C21H27FN4O3S2. The van der Waals surface area contributed by atoms with Crippen molar-refractivity contribution >= 4 is 27.5 Å². The van der Waals surface area contributed by atoms with Crippen molar-refractivity contribution in [3.8, 4) is 11.4 Å². The van der Waals surface area contributed by atoms with Gasteiger partial charge in [0.2, 0.25) is 5.91 Å². The minimum absolute atomic E-state index is 0.0445. The molecule has 0 N–H and O–H groups in total. The number of benzene rings is 1. The molecule has 1 amide bonds. The van der Waals surface area contributed by atoms with Crippen molar-refractivity contribution in [2.75, 3.05) is 23.8 Å². The van der Waals surface area contributed by atoms with Crippen LogP contribution in [0.15, 0.2) is 29.4 Å². The summed E-state index contributed by atoms with van der Waals surface area (Å²) in [5, 5.41) is 9.08. The van der Waals surface area contributed by atoms with Gasteiger partial charge in [-0.3, -0.25) is 9.36 Å². The van der Waals surface area contributed by atoms with Crippen molar-refractivity contribution in [3.63, 3.8) is 0 Å². The summed E-state index contributed by atoms with van der Waals surface area (Å²) in [4.78, 5) is 14.8. The fourth-order valence-electron chi connectivity index (χ4n) is 3.93. The highest BCUT2D eigenvalue weighted by Crippen LogP contribution is 2.41. The van der Waals surface area contributed by atoms with E-state index >= 15 is 0 Å². The normalized spacial score (nSPS) is 20.1. The zero-order valence-electron chi connectivity index (χ0n) is 17.5. The van der Waals surface area contributed by atoms with E-state index in [1.54, 1.807) is 23.1 Å². The van der Waals surface area contributed by atoms with Gasteiger partial charge < -0.3 is 4.90 Å². The lowest BCUT2D eigenvalue weighted by Crippen LogP contribution is -2.42. The van der Waals surface area contributed by atoms with E-state index in [0.717, 1.165) is 25.7 Å². The van der Waals surface area contributed by atoms with Gasteiger partial charge in [0.1, 0.15) is 5.82 Å². The largest absolute Gasteiger partial charge is 0.338 e. The molecule has 168 valence electrons. The average molecular weight is 467 g/mol. The van der Waals surface area contributed by atoms with Crippen LogP contribution in [0.1, 0.15) is 45.1 Å². The molecule has 1 saturated carbocycles. The van der Waals surface area contributed by atoms with Crippen LogP contribution in [0.5, 0.6) is 0 Å². The van der Waals surface area contributed by atoms with E-state index in [2.05, 4.69) is 10.2 Å². The third kappa shape index (κ3) is 5.11. The Balaban J connectivity index is 1.50. The highest BCUT2D eigenvalue weighted by atomic mass is 32.2. The molecule has 1 atom stereocenters. The number of nitrogens with zero attached hydrogens (tertiary/aromatic N) is 4. The van der Waals surface area contributed by atoms with E-state index in [4.69, 9.17) is 0 Å². The summed E-state index contributed by atoms with van der Waals surface area (Å²) in [6.07, 6.45) is 4.21. The monoisotopic (exact) mass is 466 g/mol. The van der Waals surface area contributed by atoms with Crippen LogP contribution in [0.2, 0.25) is 0 Å². The van der Waals surface area contributed by atoms with E-state index < -0.39 is 9.84 Å². The molecule has 4 rings (SSSR count). The Kier molecular flexibility index (Phi) is 6.66. The molecule has 2 heterocycles. The molecule has 31 heavy (non-hydrogen) atoms. The molecule has 7 nitrogen and oxygen atoms in total. The lowest BCUT2D eigenvalue weighted by molar-refractivity contribution is -0.130. The zero-order chi connectivity index (χ0) is 22.0. The van der Waals surface area contributed by atoms with Crippen molar-refractivity contribution in [2.24, 2.45) is 0 Å². The van der Waals surface area contributed by atoms with Gasteiger partial charge in [-0.25, -0.2) is 12.8 Å².